The summed E-state index contributed by atoms with van der Waals surface area (Å²) in [6, 6.07) is 6.25. The first-order chi connectivity index (χ1) is 9.90. The number of nitrogens with one attached hydrogen (secondary N) is 1. The Balaban J connectivity index is 2.44. The molecule has 0 unspecified atom stereocenters. The molecule has 0 radical (unpaired) electrons. The summed E-state index contributed by atoms with van der Waals surface area (Å²) in [7, 11) is 0. The van der Waals surface area contributed by atoms with E-state index in [1.54, 1.807) is 32.0 Å². The van der Waals surface area contributed by atoms with Crippen LogP contribution < -0.4 is 5.32 Å². The van der Waals surface area contributed by atoms with Crippen LogP contribution in [0.5, 0.6) is 0 Å². The lowest BCUT2D eigenvalue weighted by Crippen LogP contribution is -2.04. The van der Waals surface area contributed by atoms with Gasteiger partial charge in [0.25, 0.3) is 0 Å². The summed E-state index contributed by atoms with van der Waals surface area (Å²) in [5.41, 5.74) is 1.52. The van der Waals surface area contributed by atoms with Gasteiger partial charge in [0.1, 0.15) is 0 Å². The monoisotopic (exact) mass is 287 g/mol. The van der Waals surface area contributed by atoms with Crippen LogP contribution in [0.15, 0.2) is 30.5 Å². The number of hydrogen-bond acceptors (Lipinski definition) is 5. The van der Waals surface area contributed by atoms with Crippen LogP contribution in [0.4, 0.5) is 17.2 Å². The molecule has 1 heterocycles. The number of aryl methyl sites for hydroxylation is 2. The van der Waals surface area contributed by atoms with Crippen LogP contribution >= 0.6 is 0 Å². The van der Waals surface area contributed by atoms with Crippen molar-refractivity contribution in [1.29, 1.82) is 0 Å². The second-order valence-corrected chi connectivity index (χ2v) is 4.54. The van der Waals surface area contributed by atoms with Crippen LogP contribution in [-0.4, -0.2) is 21.0 Å². The third-order valence-corrected chi connectivity index (χ3v) is 3.04. The van der Waals surface area contributed by atoms with Gasteiger partial charge in [-0.15, -0.1) is 0 Å². The van der Waals surface area contributed by atoms with Crippen LogP contribution in [0, 0.1) is 24.0 Å². The maximum absolute atomic E-state index is 11.1. The SMILES string of the molecule is Cc1ccc(Nc2nccc(C)c2[N+](=O)[O-])cc1C(=O)O. The molecule has 0 atom stereocenters. The van der Waals surface area contributed by atoms with Crippen LogP contribution in [0.3, 0.4) is 0 Å². The molecule has 0 saturated carbocycles. The predicted octanol–water partition coefficient (Wildman–Crippen LogP) is 3.05. The van der Waals surface area contributed by atoms with Crippen LogP contribution in [0.25, 0.3) is 0 Å². The van der Waals surface area contributed by atoms with Gasteiger partial charge in [-0.25, -0.2) is 9.78 Å². The summed E-state index contributed by atoms with van der Waals surface area (Å²) in [6.07, 6.45) is 1.46. The van der Waals surface area contributed by atoms with Crippen LogP contribution in [-0.2, 0) is 0 Å². The highest BCUT2D eigenvalue weighted by atomic mass is 16.6. The van der Waals surface area contributed by atoms with Gasteiger partial charge in [-0.1, -0.05) is 6.07 Å². The molecular weight excluding hydrogens is 274 g/mol. The predicted molar refractivity (Wildman–Crippen MR) is 77.0 cm³/mol. The Morgan fingerprint density at radius 2 is 2.00 bits per heavy atom. The molecule has 108 valence electrons. The Bertz CT molecular complexity index is 728. The van der Waals surface area contributed by atoms with Crippen molar-refractivity contribution < 1.29 is 14.8 Å². The summed E-state index contributed by atoms with van der Waals surface area (Å²) in [5, 5.41) is 23.0. The molecule has 21 heavy (non-hydrogen) atoms. The molecule has 0 spiro atoms. The number of carboxylic acid groups (broad SMARTS) is 1. The summed E-state index contributed by atoms with van der Waals surface area (Å²) < 4.78 is 0. The molecule has 7 nitrogen and oxygen atoms in total. The zero-order valence-corrected chi connectivity index (χ0v) is 11.5. The van der Waals surface area contributed by atoms with Crippen molar-refractivity contribution in [3.05, 3.63) is 57.3 Å². The Morgan fingerprint density at radius 3 is 2.62 bits per heavy atom. The third kappa shape index (κ3) is 2.97. The first-order valence-electron chi connectivity index (χ1n) is 6.11. The van der Waals surface area contributed by atoms with E-state index < -0.39 is 10.9 Å². The fourth-order valence-electron chi connectivity index (χ4n) is 1.94. The molecular formula is C14H13N3O4. The molecule has 0 aliphatic heterocycles. The van der Waals surface area contributed by atoms with E-state index >= 15 is 0 Å². The Labute approximate surface area is 120 Å². The molecule has 2 aromatic rings. The number of nitrogens with zero attached hydrogens (tertiary/aromatic N) is 2. The molecule has 0 fully saturated rings. The molecule has 2 N–H and O–H groups in total. The van der Waals surface area contributed by atoms with Crippen molar-refractivity contribution in [1.82, 2.24) is 4.98 Å². The normalized spacial score (nSPS) is 10.2. The van der Waals surface area contributed by atoms with Gasteiger partial charge in [-0.05, 0) is 37.6 Å². The number of hydrogen-bond donors (Lipinski definition) is 2. The highest BCUT2D eigenvalue weighted by Gasteiger charge is 2.19. The lowest BCUT2D eigenvalue weighted by Gasteiger charge is -2.09. The Hall–Kier alpha value is -2.96. The first-order valence-corrected chi connectivity index (χ1v) is 6.11. The minimum Gasteiger partial charge on any atom is -0.478 e. The topological polar surface area (TPSA) is 105 Å². The van der Waals surface area contributed by atoms with Gasteiger partial charge < -0.3 is 10.4 Å². The molecule has 7 heteroatoms. The number of benzene rings is 1. The summed E-state index contributed by atoms with van der Waals surface area (Å²) in [4.78, 5) is 25.6. The van der Waals surface area contributed by atoms with Gasteiger partial charge in [0.15, 0.2) is 0 Å². The van der Waals surface area contributed by atoms with E-state index in [1.165, 1.54) is 12.3 Å². The highest BCUT2D eigenvalue weighted by molar-refractivity contribution is 5.91. The quantitative estimate of drug-likeness (QED) is 0.661. The highest BCUT2D eigenvalue weighted by Crippen LogP contribution is 2.29. The number of pyridine rings is 1. The van der Waals surface area contributed by atoms with Gasteiger partial charge in [0.2, 0.25) is 5.82 Å². The average Bonchev–Trinajstić information content (AvgIpc) is 2.40. The zero-order valence-electron chi connectivity index (χ0n) is 11.5. The number of carbonyl (C=O) groups is 1. The number of aromatic nitrogens is 1. The first kappa shape index (κ1) is 14.4. The second kappa shape index (κ2) is 5.58. The number of carboxylic acids is 1. The maximum atomic E-state index is 11.1. The fraction of sp³-hybridized carbons (Fsp3) is 0.143. The lowest BCUT2D eigenvalue weighted by molar-refractivity contribution is -0.384. The Kier molecular flexibility index (Phi) is 3.84. The number of aromatic carboxylic acids is 1. The molecule has 2 rings (SSSR count). The molecule has 0 saturated heterocycles. The van der Waals surface area contributed by atoms with Gasteiger partial charge >= 0.3 is 11.7 Å². The largest absolute Gasteiger partial charge is 0.478 e. The van der Waals surface area contributed by atoms with Gasteiger partial charge in [0.05, 0.1) is 10.5 Å². The van der Waals surface area contributed by atoms with Gasteiger partial charge in [-0.2, -0.15) is 0 Å². The fourth-order valence-corrected chi connectivity index (χ4v) is 1.94. The molecule has 1 aromatic heterocycles. The van der Waals surface area contributed by atoms with Crippen molar-refractivity contribution in [2.24, 2.45) is 0 Å². The third-order valence-electron chi connectivity index (χ3n) is 3.04. The maximum Gasteiger partial charge on any atom is 0.336 e. The standard InChI is InChI=1S/C14H13N3O4/c1-8-3-4-10(7-11(8)14(18)19)16-13-12(17(20)21)9(2)5-6-15-13/h3-7H,1-2H3,(H,15,16)(H,18,19). The number of anilines is 2. The average molecular weight is 287 g/mol. The molecule has 0 amide bonds. The van der Waals surface area contributed by atoms with Crippen molar-refractivity contribution in [2.75, 3.05) is 5.32 Å². The zero-order chi connectivity index (χ0) is 15.6. The summed E-state index contributed by atoms with van der Waals surface area (Å²) >= 11 is 0. The molecule has 0 bridgehead atoms. The van der Waals surface area contributed by atoms with E-state index in [9.17, 15) is 14.9 Å². The summed E-state index contributed by atoms with van der Waals surface area (Å²) in [6.45, 7) is 3.30. The van der Waals surface area contributed by atoms with E-state index in [0.717, 1.165) is 0 Å². The number of rotatable bonds is 4. The lowest BCUT2D eigenvalue weighted by atomic mass is 10.1. The van der Waals surface area contributed by atoms with E-state index in [-0.39, 0.29) is 17.1 Å². The Morgan fingerprint density at radius 1 is 1.29 bits per heavy atom. The molecule has 0 aliphatic carbocycles. The second-order valence-electron chi connectivity index (χ2n) is 4.54. The van der Waals surface area contributed by atoms with E-state index in [1.807, 2.05) is 0 Å². The van der Waals surface area contributed by atoms with E-state index in [4.69, 9.17) is 5.11 Å². The van der Waals surface area contributed by atoms with E-state index in [0.29, 0.717) is 16.8 Å². The smallest absolute Gasteiger partial charge is 0.336 e. The molecule has 1 aromatic carbocycles. The van der Waals surface area contributed by atoms with Gasteiger partial charge in [0, 0.05) is 17.4 Å². The van der Waals surface area contributed by atoms with Crippen molar-refractivity contribution in [3.8, 4) is 0 Å². The summed E-state index contributed by atoms with van der Waals surface area (Å²) in [5.74, 6) is -0.969. The molecule has 0 aliphatic rings. The van der Waals surface area contributed by atoms with Gasteiger partial charge in [-0.3, -0.25) is 10.1 Å². The number of nitro groups is 1. The van der Waals surface area contributed by atoms with Crippen molar-refractivity contribution in [2.45, 2.75) is 13.8 Å². The minimum atomic E-state index is -1.05. The van der Waals surface area contributed by atoms with E-state index in [2.05, 4.69) is 10.3 Å². The van der Waals surface area contributed by atoms with Crippen LogP contribution in [0.2, 0.25) is 0 Å². The minimum absolute atomic E-state index is 0.0835. The van der Waals surface area contributed by atoms with Crippen molar-refractivity contribution >= 4 is 23.2 Å². The van der Waals surface area contributed by atoms with Crippen molar-refractivity contribution in [3.63, 3.8) is 0 Å². The van der Waals surface area contributed by atoms with Crippen LogP contribution in [0.1, 0.15) is 21.5 Å².